The first-order chi connectivity index (χ1) is 4.20. The van der Waals surface area contributed by atoms with Gasteiger partial charge in [-0.15, -0.1) is 0 Å². The van der Waals surface area contributed by atoms with Gasteiger partial charge in [-0.2, -0.15) is 0 Å². The van der Waals surface area contributed by atoms with Gasteiger partial charge >= 0.3 is 5.97 Å². The second-order valence-electron chi connectivity index (χ2n) is 2.24. The topological polar surface area (TPSA) is 26.3 Å². The summed E-state index contributed by atoms with van der Waals surface area (Å²) in [5.41, 5.74) is 0. The van der Waals surface area contributed by atoms with Crippen molar-refractivity contribution < 1.29 is 9.53 Å². The minimum absolute atomic E-state index is 0.0636. The Balaban J connectivity index is 2.39. The van der Waals surface area contributed by atoms with Crippen LogP contribution in [0.3, 0.4) is 0 Å². The van der Waals surface area contributed by atoms with Crippen molar-refractivity contribution in [2.75, 3.05) is 0 Å². The van der Waals surface area contributed by atoms with Gasteiger partial charge in [-0.3, -0.25) is 4.79 Å². The van der Waals surface area contributed by atoms with Gasteiger partial charge in [0.2, 0.25) is 0 Å². The molecule has 1 aliphatic rings. The SMILES string of the molecule is C[C@@H](Br)[C@@H]1CCC(=O)O1. The van der Waals surface area contributed by atoms with Crippen molar-refractivity contribution in [3.63, 3.8) is 0 Å². The summed E-state index contributed by atoms with van der Waals surface area (Å²) in [7, 11) is 0. The smallest absolute Gasteiger partial charge is 0.306 e. The van der Waals surface area contributed by atoms with Gasteiger partial charge in [-0.05, 0) is 13.3 Å². The highest BCUT2D eigenvalue weighted by Gasteiger charge is 2.26. The monoisotopic (exact) mass is 192 g/mol. The van der Waals surface area contributed by atoms with Crippen molar-refractivity contribution in [3.05, 3.63) is 0 Å². The standard InChI is InChI=1S/C6H9BrO2/c1-4(7)5-2-3-6(8)9-5/h4-5H,2-3H2,1H3/t4-,5+/m1/s1. The highest BCUT2D eigenvalue weighted by molar-refractivity contribution is 9.09. The van der Waals surface area contributed by atoms with Crippen LogP contribution in [-0.4, -0.2) is 16.9 Å². The maximum Gasteiger partial charge on any atom is 0.306 e. The Labute approximate surface area is 62.7 Å². The fourth-order valence-electron chi connectivity index (χ4n) is 0.870. The number of esters is 1. The summed E-state index contributed by atoms with van der Waals surface area (Å²) >= 11 is 3.35. The Hall–Kier alpha value is -0.0500. The molecule has 0 aromatic carbocycles. The van der Waals surface area contributed by atoms with Gasteiger partial charge < -0.3 is 4.74 Å². The number of hydrogen-bond acceptors (Lipinski definition) is 2. The summed E-state index contributed by atoms with van der Waals surface area (Å²) < 4.78 is 4.94. The van der Waals surface area contributed by atoms with Crippen molar-refractivity contribution in [1.29, 1.82) is 0 Å². The van der Waals surface area contributed by atoms with Crippen molar-refractivity contribution in [2.45, 2.75) is 30.7 Å². The molecule has 0 aromatic heterocycles. The second kappa shape index (κ2) is 2.69. The molecule has 9 heavy (non-hydrogen) atoms. The normalized spacial score (nSPS) is 30.0. The Morgan fingerprint density at radius 3 is 2.78 bits per heavy atom. The lowest BCUT2D eigenvalue weighted by atomic mass is 10.2. The van der Waals surface area contributed by atoms with Crippen molar-refractivity contribution in [1.82, 2.24) is 0 Å². The third-order valence-corrected chi connectivity index (χ3v) is 2.02. The van der Waals surface area contributed by atoms with Crippen LogP contribution in [0.2, 0.25) is 0 Å². The molecule has 0 radical (unpaired) electrons. The van der Waals surface area contributed by atoms with Crippen LogP contribution in [0.5, 0.6) is 0 Å². The molecule has 1 saturated heterocycles. The molecule has 0 bridgehead atoms. The Kier molecular flexibility index (Phi) is 2.11. The zero-order chi connectivity index (χ0) is 6.85. The number of carbonyl (C=O) groups excluding carboxylic acids is 1. The summed E-state index contributed by atoms with van der Waals surface area (Å²) in [6.45, 7) is 1.99. The molecular formula is C6H9BrO2. The molecule has 0 spiro atoms. The number of cyclic esters (lactones) is 1. The Morgan fingerprint density at radius 2 is 2.56 bits per heavy atom. The summed E-state index contributed by atoms with van der Waals surface area (Å²) in [6, 6.07) is 0. The van der Waals surface area contributed by atoms with Crippen molar-refractivity contribution in [3.8, 4) is 0 Å². The highest BCUT2D eigenvalue weighted by Crippen LogP contribution is 2.20. The van der Waals surface area contributed by atoms with Gasteiger partial charge in [0.1, 0.15) is 6.10 Å². The lowest BCUT2D eigenvalue weighted by molar-refractivity contribution is -0.141. The van der Waals surface area contributed by atoms with Crippen molar-refractivity contribution in [2.24, 2.45) is 0 Å². The Bertz CT molecular complexity index is 122. The molecule has 1 aliphatic heterocycles. The average Bonchev–Trinajstić information content (AvgIpc) is 2.14. The molecule has 0 aliphatic carbocycles. The molecule has 0 saturated carbocycles. The lowest BCUT2D eigenvalue weighted by Crippen LogP contribution is -2.16. The van der Waals surface area contributed by atoms with E-state index in [4.69, 9.17) is 4.74 Å². The molecule has 3 heteroatoms. The van der Waals surface area contributed by atoms with E-state index in [1.807, 2.05) is 6.92 Å². The minimum atomic E-state index is -0.0636. The van der Waals surface area contributed by atoms with Crippen LogP contribution in [0.1, 0.15) is 19.8 Å². The number of hydrogen-bond donors (Lipinski definition) is 0. The summed E-state index contributed by atoms with van der Waals surface area (Å²) in [4.78, 5) is 10.8. The molecule has 1 rings (SSSR count). The fourth-order valence-corrected chi connectivity index (χ4v) is 1.24. The molecular weight excluding hydrogens is 184 g/mol. The predicted molar refractivity (Wildman–Crippen MR) is 37.5 cm³/mol. The number of ether oxygens (including phenoxy) is 1. The van der Waals surface area contributed by atoms with Crippen LogP contribution >= 0.6 is 15.9 Å². The van der Waals surface area contributed by atoms with Crippen LogP contribution in [0.25, 0.3) is 0 Å². The third kappa shape index (κ3) is 1.68. The van der Waals surface area contributed by atoms with E-state index in [0.29, 0.717) is 11.2 Å². The third-order valence-electron chi connectivity index (χ3n) is 1.43. The maximum absolute atomic E-state index is 10.5. The van der Waals surface area contributed by atoms with E-state index in [2.05, 4.69) is 15.9 Å². The first kappa shape index (κ1) is 7.06. The number of carbonyl (C=O) groups is 1. The van der Waals surface area contributed by atoms with E-state index >= 15 is 0 Å². The predicted octanol–water partition coefficient (Wildman–Crippen LogP) is 1.48. The van der Waals surface area contributed by atoms with Gasteiger partial charge in [0, 0.05) is 11.2 Å². The summed E-state index contributed by atoms with van der Waals surface area (Å²) in [5, 5.41) is 0. The van der Waals surface area contributed by atoms with E-state index in [-0.39, 0.29) is 12.1 Å². The second-order valence-corrected chi connectivity index (χ2v) is 3.69. The first-order valence-corrected chi connectivity index (χ1v) is 3.95. The molecule has 0 unspecified atom stereocenters. The van der Waals surface area contributed by atoms with Crippen LogP contribution < -0.4 is 0 Å². The quantitative estimate of drug-likeness (QED) is 0.465. The fraction of sp³-hybridized carbons (Fsp3) is 0.833. The number of rotatable bonds is 1. The van der Waals surface area contributed by atoms with Crippen LogP contribution in [-0.2, 0) is 9.53 Å². The number of alkyl halides is 1. The summed E-state index contributed by atoms with van der Waals surface area (Å²) in [5.74, 6) is -0.0636. The maximum atomic E-state index is 10.5. The summed E-state index contributed by atoms with van der Waals surface area (Å²) in [6.07, 6.45) is 1.56. The van der Waals surface area contributed by atoms with Gasteiger partial charge in [-0.25, -0.2) is 0 Å². The molecule has 2 atom stereocenters. The first-order valence-electron chi connectivity index (χ1n) is 3.03. The average molecular weight is 193 g/mol. The van der Waals surface area contributed by atoms with Crippen LogP contribution in [0, 0.1) is 0 Å². The van der Waals surface area contributed by atoms with Crippen molar-refractivity contribution >= 4 is 21.9 Å². The minimum Gasteiger partial charge on any atom is -0.461 e. The van der Waals surface area contributed by atoms with E-state index in [1.54, 1.807) is 0 Å². The van der Waals surface area contributed by atoms with E-state index < -0.39 is 0 Å². The molecule has 0 aromatic rings. The lowest BCUT2D eigenvalue weighted by Gasteiger charge is -2.09. The van der Waals surface area contributed by atoms with E-state index in [1.165, 1.54) is 0 Å². The van der Waals surface area contributed by atoms with Gasteiger partial charge in [0.25, 0.3) is 0 Å². The molecule has 52 valence electrons. The van der Waals surface area contributed by atoms with Crippen LogP contribution in [0.15, 0.2) is 0 Å². The molecule has 1 heterocycles. The Morgan fingerprint density at radius 1 is 1.89 bits per heavy atom. The molecule has 0 amide bonds. The van der Waals surface area contributed by atoms with E-state index in [9.17, 15) is 4.79 Å². The van der Waals surface area contributed by atoms with E-state index in [0.717, 1.165) is 6.42 Å². The largest absolute Gasteiger partial charge is 0.461 e. The van der Waals surface area contributed by atoms with Gasteiger partial charge in [0.15, 0.2) is 0 Å². The van der Waals surface area contributed by atoms with Gasteiger partial charge in [-0.1, -0.05) is 15.9 Å². The number of halogens is 1. The van der Waals surface area contributed by atoms with Gasteiger partial charge in [0.05, 0.1) is 0 Å². The molecule has 1 fully saturated rings. The molecule has 0 N–H and O–H groups in total. The van der Waals surface area contributed by atoms with Crippen LogP contribution in [0.4, 0.5) is 0 Å². The highest BCUT2D eigenvalue weighted by atomic mass is 79.9. The zero-order valence-corrected chi connectivity index (χ0v) is 6.85. The zero-order valence-electron chi connectivity index (χ0n) is 5.26. The molecule has 2 nitrogen and oxygen atoms in total.